The van der Waals surface area contributed by atoms with E-state index in [9.17, 15) is 9.59 Å². The van der Waals surface area contributed by atoms with Gasteiger partial charge in [0.25, 0.3) is 0 Å². The summed E-state index contributed by atoms with van der Waals surface area (Å²) in [5, 5.41) is 9.01. The molecule has 2 aromatic rings. The van der Waals surface area contributed by atoms with Gasteiger partial charge in [-0.2, -0.15) is 0 Å². The molecule has 2 heterocycles. The fraction of sp³-hybridized carbons (Fsp3) is 0.364. The lowest BCUT2D eigenvalue weighted by Crippen LogP contribution is -2.32. The van der Waals surface area contributed by atoms with E-state index in [1.165, 1.54) is 9.78 Å². The number of thioether (sulfide) groups is 1. The number of carbonyl (C=O) groups excluding carboxylic acids is 2. The summed E-state index contributed by atoms with van der Waals surface area (Å²) in [4.78, 5) is 27.5. The van der Waals surface area contributed by atoms with E-state index in [0.717, 1.165) is 41.0 Å². The Labute approximate surface area is 179 Å². The molecule has 1 aliphatic rings. The van der Waals surface area contributed by atoms with Crippen molar-refractivity contribution >= 4 is 41.0 Å². The normalized spacial score (nSPS) is 19.3. The van der Waals surface area contributed by atoms with Crippen molar-refractivity contribution in [3.8, 4) is 10.4 Å². The fourth-order valence-corrected chi connectivity index (χ4v) is 6.28. The number of amides is 2. The minimum absolute atomic E-state index is 0.0424. The van der Waals surface area contributed by atoms with Crippen LogP contribution in [0, 0.1) is 0 Å². The lowest BCUT2D eigenvalue weighted by atomic mass is 9.94. The third kappa shape index (κ3) is 5.29. The van der Waals surface area contributed by atoms with Crippen molar-refractivity contribution < 1.29 is 14.8 Å². The van der Waals surface area contributed by atoms with Gasteiger partial charge in [0.1, 0.15) is 0 Å². The maximum absolute atomic E-state index is 11.9. The number of benzene rings is 1. The Bertz CT molecular complexity index is 882. The van der Waals surface area contributed by atoms with Gasteiger partial charge in [-0.25, -0.2) is 5.48 Å². The molecule has 2 amide bonds. The molecular formula is C22H26N2O3S2. The van der Waals surface area contributed by atoms with E-state index >= 15 is 0 Å². The fourth-order valence-electron chi connectivity index (χ4n) is 3.39. The lowest BCUT2D eigenvalue weighted by molar-refractivity contribution is -0.130. The molecule has 5 nitrogen and oxygen atoms in total. The van der Waals surface area contributed by atoms with Gasteiger partial charge in [-0.15, -0.1) is 23.1 Å². The molecule has 29 heavy (non-hydrogen) atoms. The summed E-state index contributed by atoms with van der Waals surface area (Å²) >= 11 is 3.53. The van der Waals surface area contributed by atoms with E-state index in [4.69, 9.17) is 5.21 Å². The molecule has 154 valence electrons. The van der Waals surface area contributed by atoms with Crippen LogP contribution in [0.1, 0.15) is 36.1 Å². The van der Waals surface area contributed by atoms with Gasteiger partial charge >= 0.3 is 0 Å². The Balaban J connectivity index is 1.79. The number of nitrogens with one attached hydrogen (secondary N) is 1. The average Bonchev–Trinajstić information content (AvgIpc) is 3.24. The first kappa shape index (κ1) is 21.6. The van der Waals surface area contributed by atoms with Crippen LogP contribution in [0.25, 0.3) is 16.5 Å². The monoisotopic (exact) mass is 430 g/mol. The molecule has 0 spiro atoms. The van der Waals surface area contributed by atoms with Crippen LogP contribution in [0.2, 0.25) is 0 Å². The van der Waals surface area contributed by atoms with E-state index in [2.05, 4.69) is 24.3 Å². The number of hydroxylamine groups is 1. The summed E-state index contributed by atoms with van der Waals surface area (Å²) in [6.07, 6.45) is 6.86. The van der Waals surface area contributed by atoms with Gasteiger partial charge in [0.2, 0.25) is 11.8 Å². The summed E-state index contributed by atoms with van der Waals surface area (Å²) in [5.41, 5.74) is 3.88. The third-order valence-corrected chi connectivity index (χ3v) is 8.11. The van der Waals surface area contributed by atoms with Crippen molar-refractivity contribution in [2.75, 3.05) is 19.8 Å². The highest BCUT2D eigenvalue weighted by atomic mass is 32.2. The van der Waals surface area contributed by atoms with Crippen LogP contribution in [0.5, 0.6) is 0 Å². The van der Waals surface area contributed by atoms with Crippen LogP contribution in [0.4, 0.5) is 0 Å². The molecule has 0 aliphatic carbocycles. The van der Waals surface area contributed by atoms with Gasteiger partial charge in [-0.1, -0.05) is 30.7 Å². The zero-order chi connectivity index (χ0) is 20.9. The molecule has 1 aromatic heterocycles. The molecule has 0 bridgehead atoms. The van der Waals surface area contributed by atoms with Crippen molar-refractivity contribution in [1.29, 1.82) is 0 Å². The van der Waals surface area contributed by atoms with Gasteiger partial charge in [0, 0.05) is 36.3 Å². The minimum atomic E-state index is -0.335. The number of likely N-dealkylation sites (N-methyl/N-ethyl adjacent to an activating group) is 1. The maximum Gasteiger partial charge on any atom is 0.246 e. The van der Waals surface area contributed by atoms with Crippen molar-refractivity contribution in [2.24, 2.45) is 0 Å². The Morgan fingerprint density at radius 3 is 2.55 bits per heavy atom. The van der Waals surface area contributed by atoms with Crippen LogP contribution < -0.4 is 5.48 Å². The highest BCUT2D eigenvalue weighted by Crippen LogP contribution is 2.50. The van der Waals surface area contributed by atoms with Crippen LogP contribution >= 0.6 is 23.1 Å². The molecule has 1 fully saturated rings. The SMILES string of the molecule is CN(C)C(=O)C=Cc1ccc(-c2ccc([C@@]3(CC(=O)NO)CCCCS3)s2)cc1. The summed E-state index contributed by atoms with van der Waals surface area (Å²) < 4.78 is -0.261. The topological polar surface area (TPSA) is 69.6 Å². The molecule has 1 aliphatic heterocycles. The quantitative estimate of drug-likeness (QED) is 0.401. The van der Waals surface area contributed by atoms with Crippen LogP contribution in [-0.2, 0) is 14.3 Å². The third-order valence-electron chi connectivity index (χ3n) is 5.03. The van der Waals surface area contributed by atoms with Gasteiger partial charge in [-0.05, 0) is 47.9 Å². The number of hydrogen-bond donors (Lipinski definition) is 2. The van der Waals surface area contributed by atoms with E-state index in [1.807, 2.05) is 30.0 Å². The van der Waals surface area contributed by atoms with Crippen LogP contribution in [-0.4, -0.2) is 41.8 Å². The Hall–Kier alpha value is -2.09. The number of carbonyl (C=O) groups is 2. The van der Waals surface area contributed by atoms with Gasteiger partial charge < -0.3 is 4.90 Å². The minimum Gasteiger partial charge on any atom is -0.345 e. The second kappa shape index (κ2) is 9.61. The average molecular weight is 431 g/mol. The van der Waals surface area contributed by atoms with Gasteiger partial charge in [-0.3, -0.25) is 14.8 Å². The molecule has 2 N–H and O–H groups in total. The zero-order valence-corrected chi connectivity index (χ0v) is 18.3. The Kier molecular flexibility index (Phi) is 7.16. The van der Waals surface area contributed by atoms with E-state index in [-0.39, 0.29) is 23.0 Å². The number of rotatable bonds is 6. The Morgan fingerprint density at radius 1 is 1.17 bits per heavy atom. The molecule has 0 unspecified atom stereocenters. The Morgan fingerprint density at radius 2 is 1.93 bits per heavy atom. The first-order valence-electron chi connectivity index (χ1n) is 9.60. The van der Waals surface area contributed by atoms with Crippen molar-refractivity contribution in [1.82, 2.24) is 10.4 Å². The standard InChI is InChI=1S/C22H26N2O3S2/c1-24(2)21(26)12-7-16-5-8-17(9-6-16)18-10-11-19(29-18)22(15-20(25)23-27)13-3-4-14-28-22/h5-12,27H,3-4,13-15H2,1-2H3,(H,23,25)/t22-/m0/s1. The molecule has 0 radical (unpaired) electrons. The largest absolute Gasteiger partial charge is 0.345 e. The number of nitrogens with zero attached hydrogens (tertiary/aromatic N) is 1. The van der Waals surface area contributed by atoms with Gasteiger partial charge in [0.15, 0.2) is 0 Å². The molecule has 7 heteroatoms. The predicted octanol–water partition coefficient (Wildman–Crippen LogP) is 4.52. The molecule has 1 atom stereocenters. The first-order valence-corrected chi connectivity index (χ1v) is 11.4. The van der Waals surface area contributed by atoms with E-state index in [1.54, 1.807) is 37.0 Å². The molecule has 0 saturated carbocycles. The van der Waals surface area contributed by atoms with Gasteiger partial charge in [0.05, 0.1) is 4.75 Å². The summed E-state index contributed by atoms with van der Waals surface area (Å²) in [5.74, 6) is 0.649. The molecule has 3 rings (SSSR count). The lowest BCUT2D eigenvalue weighted by Gasteiger charge is -2.35. The van der Waals surface area contributed by atoms with Crippen molar-refractivity contribution in [2.45, 2.75) is 30.4 Å². The highest BCUT2D eigenvalue weighted by molar-refractivity contribution is 8.00. The van der Waals surface area contributed by atoms with Crippen LogP contribution in [0.15, 0.2) is 42.5 Å². The first-order chi connectivity index (χ1) is 13.9. The second-order valence-corrected chi connectivity index (χ2v) is 9.93. The molecule has 1 saturated heterocycles. The summed E-state index contributed by atoms with van der Waals surface area (Å²) in [6.45, 7) is 0. The summed E-state index contributed by atoms with van der Waals surface area (Å²) in [6, 6.07) is 12.3. The van der Waals surface area contributed by atoms with Crippen molar-refractivity contribution in [3.05, 3.63) is 52.9 Å². The van der Waals surface area contributed by atoms with E-state index in [0.29, 0.717) is 0 Å². The van der Waals surface area contributed by atoms with E-state index < -0.39 is 0 Å². The smallest absolute Gasteiger partial charge is 0.246 e. The highest BCUT2D eigenvalue weighted by Gasteiger charge is 2.38. The number of thiophene rings is 1. The maximum atomic E-state index is 11.9. The predicted molar refractivity (Wildman–Crippen MR) is 120 cm³/mol. The van der Waals surface area contributed by atoms with Crippen molar-refractivity contribution in [3.63, 3.8) is 0 Å². The number of hydrogen-bond acceptors (Lipinski definition) is 5. The molecule has 1 aromatic carbocycles. The zero-order valence-electron chi connectivity index (χ0n) is 16.7. The second-order valence-electron chi connectivity index (χ2n) is 7.36. The summed E-state index contributed by atoms with van der Waals surface area (Å²) in [7, 11) is 3.46. The molecular weight excluding hydrogens is 404 g/mol. The van der Waals surface area contributed by atoms with Crippen LogP contribution in [0.3, 0.4) is 0 Å².